The first-order valence-electron chi connectivity index (χ1n) is 11.1. The fraction of sp³-hybridized carbons (Fsp3) is 0.545. The summed E-state index contributed by atoms with van der Waals surface area (Å²) in [6.45, 7) is 1.84. The number of hydrogen-bond acceptors (Lipinski definition) is 10. The van der Waals surface area contributed by atoms with E-state index in [4.69, 9.17) is 0 Å². The minimum Gasteiger partial charge on any atom is -0.462 e. The molecule has 0 bridgehead atoms. The Morgan fingerprint density at radius 3 is 0.875 bits per heavy atom. The molecule has 0 radical (unpaired) electrons. The molecule has 0 unspecified atom stereocenters. The number of alkyl halides is 8. The van der Waals surface area contributed by atoms with Crippen molar-refractivity contribution in [3.8, 4) is 11.5 Å². The third kappa shape index (κ3) is 7.62. The Hall–Kier alpha value is -3.86. The summed E-state index contributed by atoms with van der Waals surface area (Å²) in [7, 11) is 0. The Balaban J connectivity index is 4.67. The summed E-state index contributed by atoms with van der Waals surface area (Å²) < 4.78 is 135. The van der Waals surface area contributed by atoms with Crippen LogP contribution in [0, 0.1) is 0 Å². The standard InChI is InChI=1S/C22H22F8O10/c1-5-35-15(31)9-10(16(32)36-6-2)14(40-22(29,30)20(25)26)12(18(34)38-8-4)11(17(33)37-7-3)13(9)39-21(27,28)19(23)24/h19-20H,5-8H2,1-4H3. The van der Waals surface area contributed by atoms with Crippen molar-refractivity contribution in [2.45, 2.75) is 52.8 Å². The lowest BCUT2D eigenvalue weighted by molar-refractivity contribution is -0.255. The van der Waals surface area contributed by atoms with E-state index >= 15 is 0 Å². The van der Waals surface area contributed by atoms with Gasteiger partial charge in [0.05, 0.1) is 26.4 Å². The van der Waals surface area contributed by atoms with E-state index in [0.29, 0.717) is 0 Å². The first-order chi connectivity index (χ1) is 18.5. The molecule has 0 heterocycles. The lowest BCUT2D eigenvalue weighted by Gasteiger charge is -2.27. The van der Waals surface area contributed by atoms with E-state index in [-0.39, 0.29) is 0 Å². The molecule has 0 amide bonds. The molecule has 0 aliphatic rings. The maximum Gasteiger partial charge on any atom is 0.461 e. The summed E-state index contributed by atoms with van der Waals surface area (Å²) in [6.07, 6.45) is -20.5. The van der Waals surface area contributed by atoms with Crippen LogP contribution in [0.4, 0.5) is 35.1 Å². The summed E-state index contributed by atoms with van der Waals surface area (Å²) in [4.78, 5) is 51.4. The van der Waals surface area contributed by atoms with E-state index in [1.807, 2.05) is 0 Å². The van der Waals surface area contributed by atoms with Gasteiger partial charge in [-0.2, -0.15) is 35.1 Å². The van der Waals surface area contributed by atoms with Gasteiger partial charge in [-0.3, -0.25) is 0 Å². The van der Waals surface area contributed by atoms with Gasteiger partial charge in [0.15, 0.2) is 11.5 Å². The van der Waals surface area contributed by atoms with Gasteiger partial charge >= 0.3 is 48.9 Å². The summed E-state index contributed by atoms with van der Waals surface area (Å²) in [5, 5.41) is 0. The Bertz CT molecular complexity index is 962. The Morgan fingerprint density at radius 2 is 0.725 bits per heavy atom. The van der Waals surface area contributed by atoms with Crippen LogP contribution in [0.2, 0.25) is 0 Å². The molecule has 0 saturated heterocycles. The fourth-order valence-corrected chi connectivity index (χ4v) is 2.86. The van der Waals surface area contributed by atoms with E-state index in [0.717, 1.165) is 27.7 Å². The smallest absolute Gasteiger partial charge is 0.461 e. The Morgan fingerprint density at radius 1 is 0.525 bits per heavy atom. The van der Waals surface area contributed by atoms with Crippen molar-refractivity contribution in [3.63, 3.8) is 0 Å². The normalized spacial score (nSPS) is 11.8. The molecule has 0 N–H and O–H groups in total. The minimum atomic E-state index is -5.59. The van der Waals surface area contributed by atoms with Gasteiger partial charge in [0.2, 0.25) is 0 Å². The molecule has 1 rings (SSSR count). The predicted octanol–water partition coefficient (Wildman–Crippen LogP) is 4.87. The molecule has 0 atom stereocenters. The second-order valence-corrected chi connectivity index (χ2v) is 6.97. The van der Waals surface area contributed by atoms with E-state index < -0.39 is 109 Å². The van der Waals surface area contributed by atoms with Gasteiger partial charge in [0.25, 0.3) is 0 Å². The van der Waals surface area contributed by atoms with Crippen LogP contribution < -0.4 is 9.47 Å². The average molecular weight is 598 g/mol. The van der Waals surface area contributed by atoms with Crippen molar-refractivity contribution in [1.29, 1.82) is 0 Å². The van der Waals surface area contributed by atoms with Crippen LogP contribution in [0.15, 0.2) is 0 Å². The third-order valence-corrected chi connectivity index (χ3v) is 4.31. The monoisotopic (exact) mass is 598 g/mol. The molecule has 0 aliphatic heterocycles. The Kier molecular flexibility index (Phi) is 11.9. The predicted molar refractivity (Wildman–Crippen MR) is 113 cm³/mol. The second-order valence-electron chi connectivity index (χ2n) is 6.97. The molecule has 1 aromatic rings. The van der Waals surface area contributed by atoms with Crippen molar-refractivity contribution in [2.75, 3.05) is 26.4 Å². The van der Waals surface area contributed by atoms with Crippen molar-refractivity contribution in [1.82, 2.24) is 0 Å². The first kappa shape index (κ1) is 34.2. The number of ether oxygens (including phenoxy) is 6. The maximum absolute atomic E-state index is 14.2. The number of esters is 4. The number of benzene rings is 1. The molecule has 0 aromatic heterocycles. The van der Waals surface area contributed by atoms with E-state index in [1.54, 1.807) is 0 Å². The van der Waals surface area contributed by atoms with Crippen LogP contribution >= 0.6 is 0 Å². The first-order valence-corrected chi connectivity index (χ1v) is 11.1. The van der Waals surface area contributed by atoms with Crippen molar-refractivity contribution in [3.05, 3.63) is 22.3 Å². The highest BCUT2D eigenvalue weighted by Crippen LogP contribution is 2.45. The van der Waals surface area contributed by atoms with Crippen LogP contribution in [0.25, 0.3) is 0 Å². The van der Waals surface area contributed by atoms with Crippen LogP contribution in [0.3, 0.4) is 0 Å². The SMILES string of the molecule is CCOC(=O)c1c(OC(F)(F)C(F)F)c(C(=O)OCC)c(C(=O)OCC)c(OC(F)(F)C(F)F)c1C(=O)OCC. The van der Waals surface area contributed by atoms with Gasteiger partial charge in [-0.25, -0.2) is 19.2 Å². The summed E-state index contributed by atoms with van der Waals surface area (Å²) in [5.74, 6) is -11.9. The van der Waals surface area contributed by atoms with Crippen molar-refractivity contribution >= 4 is 23.9 Å². The van der Waals surface area contributed by atoms with Crippen LogP contribution in [-0.4, -0.2) is 75.4 Å². The Labute approximate surface area is 220 Å². The summed E-state index contributed by atoms with van der Waals surface area (Å²) in [6, 6.07) is 0. The number of carbonyl (C=O) groups excluding carboxylic acids is 4. The molecule has 0 fully saturated rings. The lowest BCUT2D eigenvalue weighted by atomic mass is 9.94. The van der Waals surface area contributed by atoms with Gasteiger partial charge in [-0.05, 0) is 27.7 Å². The van der Waals surface area contributed by atoms with E-state index in [9.17, 15) is 54.3 Å². The minimum absolute atomic E-state index is 0.649. The van der Waals surface area contributed by atoms with Crippen LogP contribution in [-0.2, 0) is 18.9 Å². The van der Waals surface area contributed by atoms with E-state index in [1.165, 1.54) is 0 Å². The number of carbonyl (C=O) groups is 4. The largest absolute Gasteiger partial charge is 0.462 e. The van der Waals surface area contributed by atoms with Gasteiger partial charge in [0.1, 0.15) is 22.3 Å². The quantitative estimate of drug-likeness (QED) is 0.167. The van der Waals surface area contributed by atoms with E-state index in [2.05, 4.69) is 28.4 Å². The fourth-order valence-electron chi connectivity index (χ4n) is 2.86. The molecule has 18 heteroatoms. The third-order valence-electron chi connectivity index (χ3n) is 4.31. The average Bonchev–Trinajstić information content (AvgIpc) is 2.83. The number of rotatable bonds is 14. The van der Waals surface area contributed by atoms with Gasteiger partial charge < -0.3 is 28.4 Å². The molecular formula is C22H22F8O10. The maximum atomic E-state index is 14.2. The zero-order valence-electron chi connectivity index (χ0n) is 21.1. The highest BCUT2D eigenvalue weighted by atomic mass is 19.3. The molecular weight excluding hydrogens is 576 g/mol. The van der Waals surface area contributed by atoms with Crippen LogP contribution in [0.1, 0.15) is 69.1 Å². The molecule has 1 aromatic carbocycles. The topological polar surface area (TPSA) is 124 Å². The highest BCUT2D eigenvalue weighted by molar-refractivity contribution is 6.16. The van der Waals surface area contributed by atoms with Gasteiger partial charge in [-0.1, -0.05) is 0 Å². The zero-order valence-corrected chi connectivity index (χ0v) is 21.1. The molecule has 0 aliphatic carbocycles. The molecule has 40 heavy (non-hydrogen) atoms. The summed E-state index contributed by atoms with van der Waals surface area (Å²) in [5.41, 5.74) is -7.18. The molecule has 226 valence electrons. The van der Waals surface area contributed by atoms with Crippen LogP contribution in [0.5, 0.6) is 11.5 Å². The number of hydrogen-bond donors (Lipinski definition) is 0. The highest BCUT2D eigenvalue weighted by Gasteiger charge is 2.51. The molecule has 0 saturated carbocycles. The molecule has 0 spiro atoms. The van der Waals surface area contributed by atoms with Gasteiger partial charge in [-0.15, -0.1) is 0 Å². The summed E-state index contributed by atoms with van der Waals surface area (Å²) >= 11 is 0. The van der Waals surface area contributed by atoms with Crippen molar-refractivity contribution < 1.29 is 82.7 Å². The lowest BCUT2D eigenvalue weighted by Crippen LogP contribution is -2.38. The van der Waals surface area contributed by atoms with Crippen molar-refractivity contribution in [2.24, 2.45) is 0 Å². The zero-order chi connectivity index (χ0) is 31.0. The van der Waals surface area contributed by atoms with Gasteiger partial charge in [0, 0.05) is 0 Å². The molecule has 10 nitrogen and oxygen atoms in total. The second kappa shape index (κ2) is 14.0. The number of halogens is 8.